The number of halogens is 2. The zero-order chi connectivity index (χ0) is 24.9. The Morgan fingerprint density at radius 2 is 1.54 bits per heavy atom. The SMILES string of the molecule is CS(=O)(=O)c1ccc(Cn2c3cc(-c4c(Cl)cccc4Cl)ccc3c3c(C(N)=O)cccc32)cc1. The van der Waals surface area contributed by atoms with Crippen molar-refractivity contribution in [1.29, 1.82) is 0 Å². The van der Waals surface area contributed by atoms with E-state index in [0.717, 1.165) is 38.5 Å². The van der Waals surface area contributed by atoms with Gasteiger partial charge in [0.15, 0.2) is 9.84 Å². The van der Waals surface area contributed by atoms with Crippen LogP contribution in [0.3, 0.4) is 0 Å². The Bertz CT molecular complexity index is 1720. The minimum Gasteiger partial charge on any atom is -0.366 e. The lowest BCUT2D eigenvalue weighted by Crippen LogP contribution is -2.11. The van der Waals surface area contributed by atoms with E-state index >= 15 is 0 Å². The first-order valence-corrected chi connectivity index (χ1v) is 13.4. The Hall–Kier alpha value is -3.32. The first kappa shape index (κ1) is 23.4. The Morgan fingerprint density at radius 3 is 2.17 bits per heavy atom. The maximum absolute atomic E-state index is 12.3. The lowest BCUT2D eigenvalue weighted by molar-refractivity contribution is 0.100. The van der Waals surface area contributed by atoms with Crippen molar-refractivity contribution in [2.45, 2.75) is 11.4 Å². The number of sulfone groups is 1. The van der Waals surface area contributed by atoms with Crippen LogP contribution in [-0.4, -0.2) is 25.1 Å². The minimum absolute atomic E-state index is 0.259. The van der Waals surface area contributed by atoms with Gasteiger partial charge in [-0.05, 0) is 53.6 Å². The third-order valence-electron chi connectivity index (χ3n) is 6.10. The van der Waals surface area contributed by atoms with E-state index in [1.807, 2.05) is 24.3 Å². The second-order valence-electron chi connectivity index (χ2n) is 8.39. The van der Waals surface area contributed by atoms with Crippen LogP contribution in [0.5, 0.6) is 0 Å². The molecule has 8 heteroatoms. The Morgan fingerprint density at radius 1 is 0.886 bits per heavy atom. The van der Waals surface area contributed by atoms with Crippen molar-refractivity contribution in [3.8, 4) is 11.1 Å². The first-order chi connectivity index (χ1) is 16.6. The normalized spacial score (nSPS) is 11.9. The molecular formula is C27H20Cl2N2O3S. The summed E-state index contributed by atoms with van der Waals surface area (Å²) in [4.78, 5) is 12.5. The number of aromatic nitrogens is 1. The highest BCUT2D eigenvalue weighted by molar-refractivity contribution is 7.90. The molecule has 0 atom stereocenters. The Balaban J connectivity index is 1.77. The third kappa shape index (κ3) is 4.18. The van der Waals surface area contributed by atoms with Crippen LogP contribution in [0, 0.1) is 0 Å². The maximum atomic E-state index is 12.3. The van der Waals surface area contributed by atoms with Crippen molar-refractivity contribution in [3.63, 3.8) is 0 Å². The van der Waals surface area contributed by atoms with E-state index in [0.29, 0.717) is 22.2 Å². The van der Waals surface area contributed by atoms with Gasteiger partial charge in [-0.1, -0.05) is 59.6 Å². The van der Waals surface area contributed by atoms with Crippen molar-refractivity contribution in [2.75, 3.05) is 6.26 Å². The number of primary amides is 1. The van der Waals surface area contributed by atoms with Crippen molar-refractivity contribution < 1.29 is 13.2 Å². The van der Waals surface area contributed by atoms with Gasteiger partial charge in [0.2, 0.25) is 5.91 Å². The molecule has 0 aliphatic rings. The fourth-order valence-electron chi connectivity index (χ4n) is 4.47. The first-order valence-electron chi connectivity index (χ1n) is 10.7. The quantitative estimate of drug-likeness (QED) is 0.293. The van der Waals surface area contributed by atoms with E-state index in [4.69, 9.17) is 28.9 Å². The number of benzene rings is 4. The predicted molar refractivity (Wildman–Crippen MR) is 142 cm³/mol. The summed E-state index contributed by atoms with van der Waals surface area (Å²) in [5.74, 6) is -0.509. The van der Waals surface area contributed by atoms with Gasteiger partial charge >= 0.3 is 0 Å². The summed E-state index contributed by atoms with van der Waals surface area (Å²) in [6.07, 6.45) is 1.18. The second kappa shape index (κ2) is 8.72. The molecule has 35 heavy (non-hydrogen) atoms. The molecule has 0 bridgehead atoms. The minimum atomic E-state index is -3.29. The highest BCUT2D eigenvalue weighted by Gasteiger charge is 2.18. The molecule has 0 aliphatic heterocycles. The van der Waals surface area contributed by atoms with Gasteiger partial charge in [-0.25, -0.2) is 8.42 Å². The van der Waals surface area contributed by atoms with Crippen LogP contribution >= 0.6 is 23.2 Å². The summed E-state index contributed by atoms with van der Waals surface area (Å²) in [6, 6.07) is 23.5. The average Bonchev–Trinajstić information content (AvgIpc) is 3.12. The summed E-state index contributed by atoms with van der Waals surface area (Å²) < 4.78 is 25.8. The lowest BCUT2D eigenvalue weighted by atomic mass is 10.0. The molecule has 5 rings (SSSR count). The second-order valence-corrected chi connectivity index (χ2v) is 11.2. The summed E-state index contributed by atoms with van der Waals surface area (Å²) in [5.41, 5.74) is 10.3. The van der Waals surface area contributed by atoms with Crippen LogP contribution < -0.4 is 5.73 Å². The van der Waals surface area contributed by atoms with E-state index in [9.17, 15) is 13.2 Å². The molecule has 176 valence electrons. The molecule has 5 nitrogen and oxygen atoms in total. The molecule has 4 aromatic carbocycles. The molecule has 1 heterocycles. The Labute approximate surface area is 212 Å². The van der Waals surface area contributed by atoms with Gasteiger partial charge in [-0.3, -0.25) is 4.79 Å². The van der Waals surface area contributed by atoms with Crippen LogP contribution in [0.25, 0.3) is 32.9 Å². The van der Waals surface area contributed by atoms with Crippen LogP contribution in [0.15, 0.2) is 83.8 Å². The van der Waals surface area contributed by atoms with Crippen LogP contribution in [0.1, 0.15) is 15.9 Å². The highest BCUT2D eigenvalue weighted by atomic mass is 35.5. The molecular weight excluding hydrogens is 503 g/mol. The molecule has 5 aromatic rings. The van der Waals surface area contributed by atoms with Gasteiger partial charge in [-0.15, -0.1) is 0 Å². The number of fused-ring (bicyclic) bond motifs is 3. The molecule has 2 N–H and O–H groups in total. The number of amides is 1. The van der Waals surface area contributed by atoms with E-state index in [-0.39, 0.29) is 4.90 Å². The van der Waals surface area contributed by atoms with E-state index in [1.165, 1.54) is 6.26 Å². The lowest BCUT2D eigenvalue weighted by Gasteiger charge is -2.11. The van der Waals surface area contributed by atoms with Gasteiger partial charge in [-0.2, -0.15) is 0 Å². The molecule has 0 fully saturated rings. The van der Waals surface area contributed by atoms with E-state index in [1.54, 1.807) is 54.6 Å². The number of hydrogen-bond acceptors (Lipinski definition) is 3. The average molecular weight is 523 g/mol. The van der Waals surface area contributed by atoms with Crippen molar-refractivity contribution >= 4 is 60.8 Å². The van der Waals surface area contributed by atoms with Gasteiger partial charge < -0.3 is 10.3 Å². The molecule has 0 unspecified atom stereocenters. The standard InChI is InChI=1S/C27H20Cl2N2O3S/c1-35(33,34)18-11-8-16(9-12-18)15-31-23-7-2-4-20(27(30)32)26(23)19-13-10-17(14-24(19)31)25-21(28)5-3-6-22(25)29/h2-14H,15H2,1H3,(H2,30,32). The van der Waals surface area contributed by atoms with Crippen LogP contribution in [-0.2, 0) is 16.4 Å². The number of nitrogens with zero attached hydrogens (tertiary/aromatic N) is 1. The van der Waals surface area contributed by atoms with Crippen molar-refractivity contribution in [1.82, 2.24) is 4.57 Å². The number of carbonyl (C=O) groups is 1. The molecule has 0 saturated heterocycles. The van der Waals surface area contributed by atoms with Crippen molar-refractivity contribution in [2.24, 2.45) is 5.73 Å². The molecule has 0 aliphatic carbocycles. The fourth-order valence-corrected chi connectivity index (χ4v) is 5.72. The highest BCUT2D eigenvalue weighted by Crippen LogP contribution is 2.39. The van der Waals surface area contributed by atoms with Gasteiger partial charge in [0.05, 0.1) is 15.9 Å². The largest absolute Gasteiger partial charge is 0.366 e. The number of hydrogen-bond donors (Lipinski definition) is 1. The number of rotatable bonds is 5. The molecule has 0 spiro atoms. The van der Waals surface area contributed by atoms with Gasteiger partial charge in [0.1, 0.15) is 0 Å². The zero-order valence-electron chi connectivity index (χ0n) is 18.6. The van der Waals surface area contributed by atoms with E-state index in [2.05, 4.69) is 4.57 Å². The molecule has 0 radical (unpaired) electrons. The molecule has 1 aromatic heterocycles. The smallest absolute Gasteiger partial charge is 0.249 e. The van der Waals surface area contributed by atoms with Gasteiger partial charge in [0, 0.05) is 44.7 Å². The summed E-state index contributed by atoms with van der Waals surface area (Å²) >= 11 is 13.0. The topological polar surface area (TPSA) is 82.2 Å². The third-order valence-corrected chi connectivity index (χ3v) is 7.86. The number of carbonyl (C=O) groups excluding carboxylic acids is 1. The maximum Gasteiger partial charge on any atom is 0.249 e. The summed E-state index contributed by atoms with van der Waals surface area (Å²) in [7, 11) is -3.29. The fraction of sp³-hybridized carbons (Fsp3) is 0.0741. The van der Waals surface area contributed by atoms with E-state index < -0.39 is 15.7 Å². The Kier molecular flexibility index (Phi) is 5.83. The summed E-state index contributed by atoms with van der Waals surface area (Å²) in [6.45, 7) is 0.450. The molecule has 1 amide bonds. The van der Waals surface area contributed by atoms with Crippen molar-refractivity contribution in [3.05, 3.63) is 100 Å². The predicted octanol–water partition coefficient (Wildman–Crippen LogP) is 6.32. The zero-order valence-corrected chi connectivity index (χ0v) is 21.0. The number of nitrogens with two attached hydrogens (primary N) is 1. The van der Waals surface area contributed by atoms with Crippen LogP contribution in [0.4, 0.5) is 0 Å². The molecule has 0 saturated carbocycles. The summed E-state index contributed by atoms with van der Waals surface area (Å²) in [5, 5.41) is 2.70. The van der Waals surface area contributed by atoms with Crippen LogP contribution in [0.2, 0.25) is 10.0 Å². The monoisotopic (exact) mass is 522 g/mol. The van der Waals surface area contributed by atoms with Gasteiger partial charge in [0.25, 0.3) is 0 Å².